The Hall–Kier alpha value is -2.42. The number of anilines is 1. The fourth-order valence-corrected chi connectivity index (χ4v) is 2.36. The first kappa shape index (κ1) is 13.6. The van der Waals surface area contributed by atoms with Crippen LogP contribution in [0.4, 0.5) is 5.82 Å². The molecule has 0 fully saturated rings. The van der Waals surface area contributed by atoms with Crippen LogP contribution in [-0.4, -0.2) is 10.2 Å². The number of hydrogen-bond donors (Lipinski definition) is 1. The molecule has 0 unspecified atom stereocenters. The minimum atomic E-state index is 0.566. The van der Waals surface area contributed by atoms with E-state index in [9.17, 15) is 0 Å². The average Bonchev–Trinajstić information content (AvgIpc) is 2.53. The van der Waals surface area contributed by atoms with Gasteiger partial charge in [0.05, 0.1) is 6.20 Å². The van der Waals surface area contributed by atoms with E-state index in [1.165, 1.54) is 11.1 Å². The van der Waals surface area contributed by atoms with Crippen molar-refractivity contribution in [1.29, 1.82) is 0 Å². The molecule has 0 aliphatic heterocycles. The molecule has 3 nitrogen and oxygen atoms in total. The summed E-state index contributed by atoms with van der Waals surface area (Å²) in [7, 11) is 0. The van der Waals surface area contributed by atoms with Gasteiger partial charge in [-0.15, -0.1) is 5.10 Å². The van der Waals surface area contributed by atoms with Crippen molar-refractivity contribution in [1.82, 2.24) is 10.2 Å². The molecule has 0 aliphatic rings. The monoisotopic (exact) mass is 277 g/mol. The summed E-state index contributed by atoms with van der Waals surface area (Å²) in [5.74, 6) is 1.40. The molecule has 0 bridgehead atoms. The summed E-state index contributed by atoms with van der Waals surface area (Å²) in [6.45, 7) is 5.17. The third kappa shape index (κ3) is 3.02. The smallest absolute Gasteiger partial charge is 0.156 e. The van der Waals surface area contributed by atoms with E-state index in [-0.39, 0.29) is 0 Å². The highest BCUT2D eigenvalue weighted by Crippen LogP contribution is 2.20. The normalized spacial score (nSPS) is 11.0. The van der Waals surface area contributed by atoms with Crippen LogP contribution in [0.5, 0.6) is 0 Å². The molecule has 106 valence electrons. The number of benzene rings is 2. The largest absolute Gasteiger partial charge is 0.364 e. The predicted octanol–water partition coefficient (Wildman–Crippen LogP) is 4.37. The summed E-state index contributed by atoms with van der Waals surface area (Å²) in [5, 5.41) is 13.8. The van der Waals surface area contributed by atoms with Crippen molar-refractivity contribution in [2.75, 3.05) is 5.32 Å². The lowest BCUT2D eigenvalue weighted by Gasteiger charge is -2.09. The molecule has 0 atom stereocenters. The quantitative estimate of drug-likeness (QED) is 0.769. The van der Waals surface area contributed by atoms with Gasteiger partial charge in [0.15, 0.2) is 5.82 Å². The lowest BCUT2D eigenvalue weighted by molar-refractivity contribution is 0.865. The zero-order chi connectivity index (χ0) is 14.7. The van der Waals surface area contributed by atoms with Gasteiger partial charge in [0.2, 0.25) is 0 Å². The molecule has 3 aromatic rings. The van der Waals surface area contributed by atoms with Crippen molar-refractivity contribution in [3.63, 3.8) is 0 Å². The minimum Gasteiger partial charge on any atom is -0.364 e. The van der Waals surface area contributed by atoms with Gasteiger partial charge in [0.25, 0.3) is 0 Å². The van der Waals surface area contributed by atoms with Gasteiger partial charge < -0.3 is 5.32 Å². The zero-order valence-electron chi connectivity index (χ0n) is 12.4. The highest BCUT2D eigenvalue weighted by molar-refractivity contribution is 5.90. The fourth-order valence-electron chi connectivity index (χ4n) is 2.36. The van der Waals surface area contributed by atoms with Gasteiger partial charge >= 0.3 is 0 Å². The highest BCUT2D eigenvalue weighted by atomic mass is 15.2. The third-order valence-electron chi connectivity index (χ3n) is 3.68. The molecular formula is C18H19N3. The second-order valence-electron chi connectivity index (χ2n) is 5.53. The number of nitrogens with zero attached hydrogens (tertiary/aromatic N) is 2. The van der Waals surface area contributed by atoms with Crippen molar-refractivity contribution >= 4 is 16.6 Å². The van der Waals surface area contributed by atoms with E-state index in [2.05, 4.69) is 59.7 Å². The van der Waals surface area contributed by atoms with Crippen LogP contribution in [0.15, 0.2) is 54.7 Å². The van der Waals surface area contributed by atoms with E-state index >= 15 is 0 Å². The van der Waals surface area contributed by atoms with E-state index < -0.39 is 0 Å². The van der Waals surface area contributed by atoms with E-state index in [0.29, 0.717) is 5.92 Å². The fraction of sp³-hybridized carbons (Fsp3) is 0.222. The summed E-state index contributed by atoms with van der Waals surface area (Å²) < 4.78 is 0. The zero-order valence-corrected chi connectivity index (χ0v) is 12.4. The second kappa shape index (κ2) is 5.92. The van der Waals surface area contributed by atoms with Crippen LogP contribution in [0.25, 0.3) is 10.8 Å². The Morgan fingerprint density at radius 1 is 1.00 bits per heavy atom. The van der Waals surface area contributed by atoms with Gasteiger partial charge in [-0.25, -0.2) is 0 Å². The SMILES string of the molecule is CC(C)c1ccc(CNc2nncc3ccccc23)cc1. The molecule has 0 spiro atoms. The van der Waals surface area contributed by atoms with E-state index in [1.54, 1.807) is 6.20 Å². The molecule has 1 aromatic heterocycles. The molecule has 0 saturated heterocycles. The van der Waals surface area contributed by atoms with Gasteiger partial charge in [-0.3, -0.25) is 0 Å². The summed E-state index contributed by atoms with van der Waals surface area (Å²) in [6, 6.07) is 16.9. The number of aromatic nitrogens is 2. The van der Waals surface area contributed by atoms with E-state index in [4.69, 9.17) is 0 Å². The van der Waals surface area contributed by atoms with Gasteiger partial charge in [-0.1, -0.05) is 62.4 Å². The maximum atomic E-state index is 4.21. The lowest BCUT2D eigenvalue weighted by Crippen LogP contribution is -2.03. The second-order valence-corrected chi connectivity index (χ2v) is 5.53. The molecule has 21 heavy (non-hydrogen) atoms. The Kier molecular flexibility index (Phi) is 3.82. The molecule has 1 N–H and O–H groups in total. The van der Waals surface area contributed by atoms with Gasteiger partial charge in [0.1, 0.15) is 0 Å². The predicted molar refractivity (Wildman–Crippen MR) is 87.4 cm³/mol. The van der Waals surface area contributed by atoms with Crippen LogP contribution in [0, 0.1) is 0 Å². The highest BCUT2D eigenvalue weighted by Gasteiger charge is 2.03. The molecule has 3 rings (SSSR count). The lowest BCUT2D eigenvalue weighted by atomic mass is 10.0. The van der Waals surface area contributed by atoms with Gasteiger partial charge in [0, 0.05) is 17.3 Å². The molecule has 2 aromatic carbocycles. The molecule has 0 radical (unpaired) electrons. The third-order valence-corrected chi connectivity index (χ3v) is 3.68. The molecule has 1 heterocycles. The van der Waals surface area contributed by atoms with Crippen LogP contribution in [0.1, 0.15) is 30.9 Å². The van der Waals surface area contributed by atoms with Crippen molar-refractivity contribution in [2.24, 2.45) is 0 Å². The van der Waals surface area contributed by atoms with Crippen molar-refractivity contribution < 1.29 is 0 Å². The molecule has 0 aliphatic carbocycles. The van der Waals surface area contributed by atoms with Gasteiger partial charge in [-0.2, -0.15) is 5.10 Å². The van der Waals surface area contributed by atoms with Crippen LogP contribution >= 0.6 is 0 Å². The summed E-state index contributed by atoms with van der Waals surface area (Å²) in [6.07, 6.45) is 1.79. The van der Waals surface area contributed by atoms with Crippen LogP contribution in [-0.2, 0) is 6.54 Å². The van der Waals surface area contributed by atoms with Crippen LogP contribution < -0.4 is 5.32 Å². The molecular weight excluding hydrogens is 258 g/mol. The Morgan fingerprint density at radius 3 is 2.52 bits per heavy atom. The van der Waals surface area contributed by atoms with E-state index in [0.717, 1.165) is 23.1 Å². The Balaban J connectivity index is 1.77. The molecule has 0 saturated carbocycles. The standard InChI is InChI=1S/C18H19N3/c1-13(2)15-9-7-14(8-10-15)11-19-18-17-6-4-3-5-16(17)12-20-21-18/h3-10,12-13H,11H2,1-2H3,(H,19,21). The maximum Gasteiger partial charge on any atom is 0.156 e. The van der Waals surface area contributed by atoms with Crippen LogP contribution in [0.2, 0.25) is 0 Å². The first-order chi connectivity index (χ1) is 10.2. The van der Waals surface area contributed by atoms with E-state index in [1.807, 2.05) is 18.2 Å². The average molecular weight is 277 g/mol. The minimum absolute atomic E-state index is 0.566. The van der Waals surface area contributed by atoms with Crippen molar-refractivity contribution in [2.45, 2.75) is 26.3 Å². The Bertz CT molecular complexity index is 728. The molecule has 3 heteroatoms. The number of hydrogen-bond acceptors (Lipinski definition) is 3. The summed E-state index contributed by atoms with van der Waals surface area (Å²) in [5.41, 5.74) is 2.61. The van der Waals surface area contributed by atoms with Crippen molar-refractivity contribution in [3.8, 4) is 0 Å². The topological polar surface area (TPSA) is 37.8 Å². The number of nitrogens with one attached hydrogen (secondary N) is 1. The Labute approximate surface area is 125 Å². The molecule has 0 amide bonds. The van der Waals surface area contributed by atoms with Crippen LogP contribution in [0.3, 0.4) is 0 Å². The summed E-state index contributed by atoms with van der Waals surface area (Å²) >= 11 is 0. The maximum absolute atomic E-state index is 4.21. The number of fused-ring (bicyclic) bond motifs is 1. The first-order valence-electron chi connectivity index (χ1n) is 7.27. The number of rotatable bonds is 4. The summed E-state index contributed by atoms with van der Waals surface area (Å²) in [4.78, 5) is 0. The van der Waals surface area contributed by atoms with Crippen molar-refractivity contribution in [3.05, 3.63) is 65.9 Å². The van der Waals surface area contributed by atoms with Gasteiger partial charge in [-0.05, 0) is 17.0 Å². The first-order valence-corrected chi connectivity index (χ1v) is 7.27. The Morgan fingerprint density at radius 2 is 1.76 bits per heavy atom.